The second-order valence-corrected chi connectivity index (χ2v) is 5.29. The van der Waals surface area contributed by atoms with Gasteiger partial charge in [0, 0.05) is 12.9 Å². The molecule has 4 nitrogen and oxygen atoms in total. The van der Waals surface area contributed by atoms with Gasteiger partial charge in [-0.2, -0.15) is 0 Å². The van der Waals surface area contributed by atoms with Crippen LogP contribution in [0.4, 0.5) is 0 Å². The van der Waals surface area contributed by atoms with Gasteiger partial charge < -0.3 is 15.2 Å². The van der Waals surface area contributed by atoms with E-state index in [1.807, 2.05) is 30.3 Å². The smallest absolute Gasteiger partial charge is 0.230 e. The van der Waals surface area contributed by atoms with Crippen molar-refractivity contribution in [3.05, 3.63) is 35.9 Å². The summed E-state index contributed by atoms with van der Waals surface area (Å²) in [6, 6.07) is 9.60. The Morgan fingerprint density at radius 1 is 1.42 bits per heavy atom. The van der Waals surface area contributed by atoms with E-state index in [-0.39, 0.29) is 18.6 Å². The Kier molecular flexibility index (Phi) is 8.29. The maximum Gasteiger partial charge on any atom is 0.230 e. The third kappa shape index (κ3) is 7.20. The zero-order valence-electron chi connectivity index (χ0n) is 11.2. The number of hydrogen-bond acceptors (Lipinski definition) is 4. The van der Waals surface area contributed by atoms with Crippen molar-refractivity contribution >= 4 is 17.7 Å². The molecule has 0 bridgehead atoms. The number of aliphatic hydroxyl groups excluding tert-OH is 1. The van der Waals surface area contributed by atoms with E-state index >= 15 is 0 Å². The van der Waals surface area contributed by atoms with Crippen LogP contribution in [-0.4, -0.2) is 48.9 Å². The van der Waals surface area contributed by atoms with Gasteiger partial charge in [-0.1, -0.05) is 30.3 Å². The Labute approximate surface area is 118 Å². The molecule has 0 aromatic heterocycles. The number of ether oxygens (including phenoxy) is 1. The summed E-state index contributed by atoms with van der Waals surface area (Å²) in [5, 5.41) is 12.1. The molecule has 1 amide bonds. The minimum Gasteiger partial charge on any atom is -0.394 e. The average Bonchev–Trinajstić information content (AvgIpc) is 2.44. The van der Waals surface area contributed by atoms with Crippen LogP contribution in [0.2, 0.25) is 0 Å². The molecule has 0 aliphatic carbocycles. The lowest BCUT2D eigenvalue weighted by Crippen LogP contribution is -2.40. The van der Waals surface area contributed by atoms with Crippen LogP contribution >= 0.6 is 11.8 Å². The monoisotopic (exact) mass is 283 g/mol. The standard InChI is InChI=1S/C14H21NO3S/c1-18-7-8-19-11-14(17)15-13(10-16)9-12-5-3-2-4-6-12/h2-6,13,16H,7-11H2,1H3,(H,15,17)/t13-/m0/s1. The summed E-state index contributed by atoms with van der Waals surface area (Å²) in [5.74, 6) is 1.15. The lowest BCUT2D eigenvalue weighted by molar-refractivity contribution is -0.119. The number of rotatable bonds is 9. The van der Waals surface area contributed by atoms with Crippen molar-refractivity contribution in [1.29, 1.82) is 0 Å². The van der Waals surface area contributed by atoms with Crippen LogP contribution in [0.5, 0.6) is 0 Å². The summed E-state index contributed by atoms with van der Waals surface area (Å²) < 4.78 is 4.91. The normalized spacial score (nSPS) is 12.1. The molecule has 2 N–H and O–H groups in total. The van der Waals surface area contributed by atoms with Gasteiger partial charge in [-0.25, -0.2) is 0 Å². The molecule has 0 fully saturated rings. The second-order valence-electron chi connectivity index (χ2n) is 4.18. The minimum atomic E-state index is -0.224. The quantitative estimate of drug-likeness (QED) is 0.666. The first kappa shape index (κ1) is 16.0. The van der Waals surface area contributed by atoms with Crippen LogP contribution in [0.3, 0.4) is 0 Å². The Bertz CT molecular complexity index is 359. The molecule has 19 heavy (non-hydrogen) atoms. The summed E-state index contributed by atoms with van der Waals surface area (Å²) >= 11 is 1.53. The number of benzene rings is 1. The number of nitrogens with one attached hydrogen (secondary N) is 1. The van der Waals surface area contributed by atoms with Crippen molar-refractivity contribution < 1.29 is 14.6 Å². The van der Waals surface area contributed by atoms with Gasteiger partial charge in [0.15, 0.2) is 0 Å². The topological polar surface area (TPSA) is 58.6 Å². The van der Waals surface area contributed by atoms with E-state index in [4.69, 9.17) is 4.74 Å². The molecule has 1 aromatic carbocycles. The highest BCUT2D eigenvalue weighted by Gasteiger charge is 2.11. The highest BCUT2D eigenvalue weighted by Crippen LogP contribution is 2.04. The minimum absolute atomic E-state index is 0.0453. The molecule has 0 radical (unpaired) electrons. The molecule has 0 heterocycles. The molecule has 5 heteroatoms. The predicted molar refractivity (Wildman–Crippen MR) is 78.4 cm³/mol. The molecular formula is C14H21NO3S. The van der Waals surface area contributed by atoms with Crippen LogP contribution in [-0.2, 0) is 16.0 Å². The third-order valence-corrected chi connectivity index (χ3v) is 3.50. The Hall–Kier alpha value is -1.04. The Balaban J connectivity index is 2.29. The molecule has 0 saturated carbocycles. The van der Waals surface area contributed by atoms with Crippen LogP contribution in [0.25, 0.3) is 0 Å². The summed E-state index contributed by atoms with van der Waals surface area (Å²) in [6.45, 7) is 0.592. The molecule has 1 aromatic rings. The average molecular weight is 283 g/mol. The molecule has 106 valence electrons. The predicted octanol–water partition coefficient (Wildman–Crippen LogP) is 1.09. The van der Waals surface area contributed by atoms with Crippen LogP contribution in [0.15, 0.2) is 30.3 Å². The van der Waals surface area contributed by atoms with Gasteiger partial charge >= 0.3 is 0 Å². The first-order chi connectivity index (χ1) is 9.26. The molecule has 0 spiro atoms. The van der Waals surface area contributed by atoms with Gasteiger partial charge in [0.05, 0.1) is 25.0 Å². The van der Waals surface area contributed by atoms with E-state index in [0.29, 0.717) is 18.8 Å². The van der Waals surface area contributed by atoms with E-state index in [1.165, 1.54) is 11.8 Å². The largest absolute Gasteiger partial charge is 0.394 e. The Morgan fingerprint density at radius 2 is 2.16 bits per heavy atom. The van der Waals surface area contributed by atoms with Crippen LogP contribution in [0, 0.1) is 0 Å². The van der Waals surface area contributed by atoms with Crippen molar-refractivity contribution in [3.8, 4) is 0 Å². The maximum atomic E-state index is 11.7. The summed E-state index contributed by atoms with van der Waals surface area (Å²) in [6.07, 6.45) is 0.645. The zero-order valence-corrected chi connectivity index (χ0v) is 12.0. The molecule has 0 aliphatic rings. The SMILES string of the molecule is COCCSCC(=O)N[C@H](CO)Cc1ccccc1. The van der Waals surface area contributed by atoms with Crippen molar-refractivity contribution in [2.24, 2.45) is 0 Å². The fourth-order valence-electron chi connectivity index (χ4n) is 1.64. The van der Waals surface area contributed by atoms with Crippen LogP contribution in [0.1, 0.15) is 5.56 Å². The zero-order chi connectivity index (χ0) is 13.9. The van der Waals surface area contributed by atoms with E-state index < -0.39 is 0 Å². The van der Waals surface area contributed by atoms with E-state index in [1.54, 1.807) is 7.11 Å². The third-order valence-electron chi connectivity index (χ3n) is 2.58. The van der Waals surface area contributed by atoms with Crippen molar-refractivity contribution in [2.75, 3.05) is 31.8 Å². The van der Waals surface area contributed by atoms with Gasteiger partial charge in [0.1, 0.15) is 0 Å². The molecular weight excluding hydrogens is 262 g/mol. The molecule has 1 atom stereocenters. The number of carbonyl (C=O) groups excluding carboxylic acids is 1. The second kappa shape index (κ2) is 9.83. The maximum absolute atomic E-state index is 11.7. The lowest BCUT2D eigenvalue weighted by atomic mass is 10.1. The molecule has 0 aliphatic heterocycles. The number of aliphatic hydroxyl groups is 1. The van der Waals surface area contributed by atoms with Gasteiger partial charge in [-0.15, -0.1) is 11.8 Å². The number of methoxy groups -OCH3 is 1. The first-order valence-electron chi connectivity index (χ1n) is 6.27. The fraction of sp³-hybridized carbons (Fsp3) is 0.500. The lowest BCUT2D eigenvalue weighted by Gasteiger charge is -2.16. The highest BCUT2D eigenvalue weighted by atomic mass is 32.2. The van der Waals surface area contributed by atoms with E-state index in [0.717, 1.165) is 11.3 Å². The number of hydrogen-bond donors (Lipinski definition) is 2. The molecule has 0 saturated heterocycles. The van der Waals surface area contributed by atoms with Gasteiger partial charge in [-0.05, 0) is 12.0 Å². The number of thioether (sulfide) groups is 1. The summed E-state index contributed by atoms with van der Waals surface area (Å²) in [4.78, 5) is 11.7. The van der Waals surface area contributed by atoms with Crippen molar-refractivity contribution in [2.45, 2.75) is 12.5 Å². The van der Waals surface area contributed by atoms with E-state index in [9.17, 15) is 9.90 Å². The highest BCUT2D eigenvalue weighted by molar-refractivity contribution is 7.99. The van der Waals surface area contributed by atoms with Crippen molar-refractivity contribution in [1.82, 2.24) is 5.32 Å². The summed E-state index contributed by atoms with van der Waals surface area (Å²) in [5.41, 5.74) is 1.11. The van der Waals surface area contributed by atoms with Gasteiger partial charge in [-0.3, -0.25) is 4.79 Å². The van der Waals surface area contributed by atoms with Gasteiger partial charge in [0.25, 0.3) is 0 Å². The van der Waals surface area contributed by atoms with Gasteiger partial charge in [0.2, 0.25) is 5.91 Å². The first-order valence-corrected chi connectivity index (χ1v) is 7.42. The Morgan fingerprint density at radius 3 is 2.79 bits per heavy atom. The molecule has 1 rings (SSSR count). The number of carbonyl (C=O) groups is 1. The number of amides is 1. The summed E-state index contributed by atoms with van der Waals surface area (Å²) in [7, 11) is 1.64. The molecule has 0 unspecified atom stereocenters. The van der Waals surface area contributed by atoms with Crippen molar-refractivity contribution in [3.63, 3.8) is 0 Å². The van der Waals surface area contributed by atoms with Crippen LogP contribution < -0.4 is 5.32 Å². The van der Waals surface area contributed by atoms with E-state index in [2.05, 4.69) is 5.32 Å². The fourth-order valence-corrected chi connectivity index (χ4v) is 2.33.